The van der Waals surface area contributed by atoms with E-state index in [2.05, 4.69) is 17.1 Å². The molecule has 1 aromatic heterocycles. The van der Waals surface area contributed by atoms with Gasteiger partial charge < -0.3 is 10.3 Å². The minimum atomic E-state index is 0.482. The van der Waals surface area contributed by atoms with Crippen LogP contribution in [0.25, 0.3) is 11.5 Å². The fourth-order valence-corrected chi connectivity index (χ4v) is 1.96. The summed E-state index contributed by atoms with van der Waals surface area (Å²) in [7, 11) is 0. The van der Waals surface area contributed by atoms with Gasteiger partial charge in [0, 0.05) is 17.2 Å². The second kappa shape index (κ2) is 3.58. The largest absolute Gasteiger partial charge is 0.398 e. The smallest absolute Gasteiger partial charge is 0.258 e. The molecule has 2 unspecified atom stereocenters. The lowest BCUT2D eigenvalue weighted by Crippen LogP contribution is -1.90. The number of aromatic nitrogens is 2. The van der Waals surface area contributed by atoms with Crippen LogP contribution in [0.5, 0.6) is 0 Å². The number of rotatable bonds is 2. The zero-order valence-corrected chi connectivity index (χ0v) is 9.97. The molecule has 1 heterocycles. The van der Waals surface area contributed by atoms with E-state index in [0.29, 0.717) is 17.7 Å². The predicted molar refractivity (Wildman–Crippen MR) is 65.4 cm³/mol. The standard InChI is InChI=1S/C13H15N3O/c1-7-3-4-9(6-11(7)14)13-15-12(16-17-13)10-5-8(10)2/h3-4,6,8,10H,5,14H2,1-2H3. The summed E-state index contributed by atoms with van der Waals surface area (Å²) in [5.41, 5.74) is 8.57. The van der Waals surface area contributed by atoms with E-state index in [4.69, 9.17) is 10.3 Å². The fraction of sp³-hybridized carbons (Fsp3) is 0.385. The van der Waals surface area contributed by atoms with Crippen LogP contribution in [-0.2, 0) is 0 Å². The lowest BCUT2D eigenvalue weighted by molar-refractivity contribution is 0.422. The van der Waals surface area contributed by atoms with Gasteiger partial charge in [0.2, 0.25) is 0 Å². The molecule has 2 N–H and O–H groups in total. The number of nitrogens with zero attached hydrogens (tertiary/aromatic N) is 2. The van der Waals surface area contributed by atoms with Gasteiger partial charge in [-0.3, -0.25) is 0 Å². The van der Waals surface area contributed by atoms with Crippen LogP contribution in [0.15, 0.2) is 22.7 Å². The molecule has 0 bridgehead atoms. The van der Waals surface area contributed by atoms with Crippen LogP contribution in [0.1, 0.15) is 30.7 Å². The minimum Gasteiger partial charge on any atom is -0.398 e. The SMILES string of the molecule is Cc1ccc(-c2nc(C3CC3C)no2)cc1N. The van der Waals surface area contributed by atoms with Gasteiger partial charge in [-0.05, 0) is 37.0 Å². The van der Waals surface area contributed by atoms with E-state index in [9.17, 15) is 0 Å². The Morgan fingerprint density at radius 2 is 2.18 bits per heavy atom. The minimum absolute atomic E-state index is 0.482. The molecule has 1 saturated carbocycles. The average molecular weight is 229 g/mol. The number of benzene rings is 1. The van der Waals surface area contributed by atoms with Crippen molar-refractivity contribution in [3.05, 3.63) is 29.6 Å². The summed E-state index contributed by atoms with van der Waals surface area (Å²) < 4.78 is 5.28. The van der Waals surface area contributed by atoms with E-state index in [1.165, 1.54) is 0 Å². The first-order valence-electron chi connectivity index (χ1n) is 5.85. The quantitative estimate of drug-likeness (QED) is 0.804. The van der Waals surface area contributed by atoms with Gasteiger partial charge in [0.25, 0.3) is 5.89 Å². The maximum Gasteiger partial charge on any atom is 0.258 e. The molecule has 1 aromatic carbocycles. The molecule has 1 aliphatic carbocycles. The molecule has 1 fully saturated rings. The molecule has 0 amide bonds. The Morgan fingerprint density at radius 3 is 2.82 bits per heavy atom. The molecule has 88 valence electrons. The van der Waals surface area contributed by atoms with Gasteiger partial charge in [0.1, 0.15) is 0 Å². The predicted octanol–water partition coefficient (Wildman–Crippen LogP) is 2.75. The molecule has 2 aromatic rings. The van der Waals surface area contributed by atoms with Crippen LogP contribution in [-0.4, -0.2) is 10.1 Å². The Balaban J connectivity index is 1.92. The Kier molecular flexibility index (Phi) is 2.18. The molecule has 0 aliphatic heterocycles. The highest BCUT2D eigenvalue weighted by atomic mass is 16.5. The van der Waals surface area contributed by atoms with Gasteiger partial charge in [-0.2, -0.15) is 4.98 Å². The summed E-state index contributed by atoms with van der Waals surface area (Å²) in [6.45, 7) is 4.18. The van der Waals surface area contributed by atoms with E-state index >= 15 is 0 Å². The molecule has 0 spiro atoms. The highest BCUT2D eigenvalue weighted by molar-refractivity contribution is 5.62. The summed E-state index contributed by atoms with van der Waals surface area (Å²) in [6, 6.07) is 5.80. The first-order valence-corrected chi connectivity index (χ1v) is 5.85. The number of nitrogen functional groups attached to an aromatic ring is 1. The van der Waals surface area contributed by atoms with Gasteiger partial charge in [0.15, 0.2) is 5.82 Å². The Hall–Kier alpha value is -1.84. The van der Waals surface area contributed by atoms with Gasteiger partial charge in [-0.25, -0.2) is 0 Å². The Bertz CT molecular complexity index is 562. The topological polar surface area (TPSA) is 64.9 Å². The van der Waals surface area contributed by atoms with Crippen molar-refractivity contribution in [3.8, 4) is 11.5 Å². The van der Waals surface area contributed by atoms with Crippen molar-refractivity contribution >= 4 is 5.69 Å². The molecule has 1 aliphatic rings. The third-order valence-corrected chi connectivity index (χ3v) is 3.41. The lowest BCUT2D eigenvalue weighted by Gasteiger charge is -2.00. The van der Waals surface area contributed by atoms with Crippen molar-refractivity contribution in [2.45, 2.75) is 26.2 Å². The van der Waals surface area contributed by atoms with Crippen molar-refractivity contribution in [2.75, 3.05) is 5.73 Å². The monoisotopic (exact) mass is 229 g/mol. The maximum absolute atomic E-state index is 5.87. The van der Waals surface area contributed by atoms with Gasteiger partial charge in [-0.15, -0.1) is 0 Å². The van der Waals surface area contributed by atoms with E-state index < -0.39 is 0 Å². The normalized spacial score (nSPS) is 22.7. The molecular formula is C13H15N3O. The molecule has 3 rings (SSSR count). The second-order valence-electron chi connectivity index (χ2n) is 4.85. The number of aryl methyl sites for hydroxylation is 1. The number of anilines is 1. The molecular weight excluding hydrogens is 214 g/mol. The van der Waals surface area contributed by atoms with Crippen molar-refractivity contribution in [3.63, 3.8) is 0 Å². The van der Waals surface area contributed by atoms with E-state index in [1.54, 1.807) is 0 Å². The summed E-state index contributed by atoms with van der Waals surface area (Å²) in [6.07, 6.45) is 1.16. The first-order chi connectivity index (χ1) is 8.15. The van der Waals surface area contributed by atoms with Gasteiger partial charge >= 0.3 is 0 Å². The lowest BCUT2D eigenvalue weighted by atomic mass is 10.1. The van der Waals surface area contributed by atoms with Gasteiger partial charge in [0.05, 0.1) is 0 Å². The zero-order chi connectivity index (χ0) is 12.0. The van der Waals surface area contributed by atoms with Crippen molar-refractivity contribution in [2.24, 2.45) is 5.92 Å². The van der Waals surface area contributed by atoms with Gasteiger partial charge in [-0.1, -0.05) is 18.1 Å². The summed E-state index contributed by atoms with van der Waals surface area (Å²) in [5, 5.41) is 4.03. The second-order valence-corrected chi connectivity index (χ2v) is 4.85. The van der Waals surface area contributed by atoms with Crippen molar-refractivity contribution in [1.82, 2.24) is 10.1 Å². The molecule has 4 nitrogen and oxygen atoms in total. The zero-order valence-electron chi connectivity index (χ0n) is 9.97. The highest BCUT2D eigenvalue weighted by Gasteiger charge is 2.38. The Morgan fingerprint density at radius 1 is 1.41 bits per heavy atom. The highest BCUT2D eigenvalue weighted by Crippen LogP contribution is 2.45. The fourth-order valence-electron chi connectivity index (χ4n) is 1.96. The van der Waals surface area contributed by atoms with Crippen LogP contribution in [0, 0.1) is 12.8 Å². The van der Waals surface area contributed by atoms with Crippen LogP contribution < -0.4 is 5.73 Å². The van der Waals surface area contributed by atoms with Crippen LogP contribution in [0.2, 0.25) is 0 Å². The Labute approximate surface area is 99.8 Å². The third-order valence-electron chi connectivity index (χ3n) is 3.41. The third kappa shape index (κ3) is 1.79. The summed E-state index contributed by atoms with van der Waals surface area (Å²) >= 11 is 0. The number of hydrogen-bond acceptors (Lipinski definition) is 4. The average Bonchev–Trinajstić information content (AvgIpc) is 2.86. The molecule has 4 heteroatoms. The summed E-state index contributed by atoms with van der Waals surface area (Å²) in [5.74, 6) is 2.55. The molecule has 2 atom stereocenters. The van der Waals surface area contributed by atoms with Crippen molar-refractivity contribution in [1.29, 1.82) is 0 Å². The van der Waals surface area contributed by atoms with E-state index in [-0.39, 0.29) is 0 Å². The van der Waals surface area contributed by atoms with Crippen LogP contribution in [0.4, 0.5) is 5.69 Å². The molecule has 0 radical (unpaired) electrons. The number of nitrogens with two attached hydrogens (primary N) is 1. The van der Waals surface area contributed by atoms with E-state index in [1.807, 2.05) is 25.1 Å². The first kappa shape index (κ1) is 10.3. The molecule has 0 saturated heterocycles. The van der Waals surface area contributed by atoms with Crippen molar-refractivity contribution < 1.29 is 4.52 Å². The van der Waals surface area contributed by atoms with E-state index in [0.717, 1.165) is 29.1 Å². The summed E-state index contributed by atoms with van der Waals surface area (Å²) in [4.78, 5) is 4.43. The van der Waals surface area contributed by atoms with Crippen LogP contribution >= 0.6 is 0 Å². The van der Waals surface area contributed by atoms with Crippen LogP contribution in [0.3, 0.4) is 0 Å². The maximum atomic E-state index is 5.87. The number of hydrogen-bond donors (Lipinski definition) is 1. The molecule has 17 heavy (non-hydrogen) atoms.